The number of benzene rings is 1. The number of aromatic nitrogens is 3. The van der Waals surface area contributed by atoms with Crippen molar-refractivity contribution in [3.8, 4) is 5.75 Å². The van der Waals surface area contributed by atoms with Crippen molar-refractivity contribution in [1.82, 2.24) is 19.9 Å². The summed E-state index contributed by atoms with van der Waals surface area (Å²) in [5, 5.41) is 10.6. The van der Waals surface area contributed by atoms with Gasteiger partial charge >= 0.3 is 0 Å². The van der Waals surface area contributed by atoms with Gasteiger partial charge < -0.3 is 19.8 Å². The molecule has 0 amide bonds. The Kier molecular flexibility index (Phi) is 4.87. The largest absolute Gasteiger partial charge is 0.497 e. The Morgan fingerprint density at radius 1 is 1.21 bits per heavy atom. The smallest absolute Gasteiger partial charge is 0.119 e. The molecule has 2 aromatic heterocycles. The van der Waals surface area contributed by atoms with Gasteiger partial charge in [-0.15, -0.1) is 0 Å². The van der Waals surface area contributed by atoms with Crippen LogP contribution < -0.4 is 4.74 Å². The maximum Gasteiger partial charge on any atom is 0.119 e. The standard InChI is InChI=1S/C18H24N4O2/c1-12-16-8-15(24-3)4-5-17(16)21-18(12)11-22(6-7-23)10-14-9-19-13(2)20-14/h4-5,8-9,21,23H,6-7,10-11H2,1-3H3,(H,19,20). The molecule has 2 heterocycles. The third-order valence-electron chi connectivity index (χ3n) is 4.32. The van der Waals surface area contributed by atoms with E-state index in [0.29, 0.717) is 6.54 Å². The van der Waals surface area contributed by atoms with Crippen molar-refractivity contribution in [2.75, 3.05) is 20.3 Å². The maximum atomic E-state index is 9.38. The molecule has 3 N–H and O–H groups in total. The number of aryl methyl sites for hydroxylation is 2. The van der Waals surface area contributed by atoms with Crippen LogP contribution in [-0.4, -0.2) is 45.2 Å². The second-order valence-electron chi connectivity index (χ2n) is 6.07. The minimum Gasteiger partial charge on any atom is -0.497 e. The molecule has 3 aromatic rings. The van der Waals surface area contributed by atoms with E-state index in [1.165, 1.54) is 10.9 Å². The molecule has 0 saturated carbocycles. The van der Waals surface area contributed by atoms with Gasteiger partial charge in [-0.25, -0.2) is 4.98 Å². The summed E-state index contributed by atoms with van der Waals surface area (Å²) < 4.78 is 5.32. The second-order valence-corrected chi connectivity index (χ2v) is 6.07. The third kappa shape index (κ3) is 3.44. The molecular weight excluding hydrogens is 304 g/mol. The van der Waals surface area contributed by atoms with Crippen LogP contribution in [0.5, 0.6) is 5.75 Å². The summed E-state index contributed by atoms with van der Waals surface area (Å²) in [6.45, 7) is 6.25. The summed E-state index contributed by atoms with van der Waals surface area (Å²) in [6, 6.07) is 6.06. The zero-order chi connectivity index (χ0) is 17.1. The summed E-state index contributed by atoms with van der Waals surface area (Å²) >= 11 is 0. The van der Waals surface area contributed by atoms with Gasteiger partial charge in [-0.3, -0.25) is 4.90 Å². The molecule has 3 rings (SSSR count). The molecule has 0 aliphatic heterocycles. The van der Waals surface area contributed by atoms with E-state index in [-0.39, 0.29) is 6.61 Å². The molecule has 128 valence electrons. The number of hydrogen-bond donors (Lipinski definition) is 3. The van der Waals surface area contributed by atoms with E-state index < -0.39 is 0 Å². The Hall–Kier alpha value is -2.31. The van der Waals surface area contributed by atoms with Gasteiger partial charge in [0.25, 0.3) is 0 Å². The number of hydrogen-bond acceptors (Lipinski definition) is 4. The average molecular weight is 328 g/mol. The van der Waals surface area contributed by atoms with Gasteiger partial charge in [0.15, 0.2) is 0 Å². The molecule has 0 spiro atoms. The lowest BCUT2D eigenvalue weighted by atomic mass is 10.1. The Morgan fingerprint density at radius 3 is 2.71 bits per heavy atom. The molecule has 0 atom stereocenters. The van der Waals surface area contributed by atoms with Crippen LogP contribution in [0.1, 0.15) is 22.8 Å². The fraction of sp³-hybridized carbons (Fsp3) is 0.389. The number of fused-ring (bicyclic) bond motifs is 1. The lowest BCUT2D eigenvalue weighted by Gasteiger charge is -2.20. The van der Waals surface area contributed by atoms with Gasteiger partial charge in [-0.2, -0.15) is 0 Å². The van der Waals surface area contributed by atoms with E-state index >= 15 is 0 Å². The number of aliphatic hydroxyl groups excluding tert-OH is 1. The predicted molar refractivity (Wildman–Crippen MR) is 94.1 cm³/mol. The zero-order valence-electron chi connectivity index (χ0n) is 14.4. The van der Waals surface area contributed by atoms with E-state index in [9.17, 15) is 5.11 Å². The van der Waals surface area contributed by atoms with Crippen molar-refractivity contribution < 1.29 is 9.84 Å². The molecule has 0 saturated heterocycles. The molecule has 0 aliphatic rings. The van der Waals surface area contributed by atoms with Crippen LogP contribution in [-0.2, 0) is 13.1 Å². The van der Waals surface area contributed by atoms with Crippen molar-refractivity contribution in [1.29, 1.82) is 0 Å². The summed E-state index contributed by atoms with van der Waals surface area (Å²) in [6.07, 6.45) is 1.85. The van der Waals surface area contributed by atoms with E-state index in [1.54, 1.807) is 7.11 Å². The first-order valence-electron chi connectivity index (χ1n) is 8.09. The summed E-state index contributed by atoms with van der Waals surface area (Å²) in [4.78, 5) is 13.2. The Bertz CT molecular complexity index is 822. The van der Waals surface area contributed by atoms with Crippen LogP contribution in [0.3, 0.4) is 0 Å². The molecule has 6 nitrogen and oxygen atoms in total. The van der Waals surface area contributed by atoms with E-state index in [1.807, 2.05) is 25.3 Å². The number of nitrogens with zero attached hydrogens (tertiary/aromatic N) is 2. The molecule has 0 aliphatic carbocycles. The first kappa shape index (κ1) is 16.5. The second kappa shape index (κ2) is 7.07. The van der Waals surface area contributed by atoms with Crippen LogP contribution in [0.25, 0.3) is 10.9 Å². The number of imidazole rings is 1. The van der Waals surface area contributed by atoms with E-state index in [4.69, 9.17) is 4.74 Å². The molecule has 0 bridgehead atoms. The number of nitrogens with one attached hydrogen (secondary N) is 2. The number of ether oxygens (including phenoxy) is 1. The van der Waals surface area contributed by atoms with Gasteiger partial charge in [0.2, 0.25) is 0 Å². The van der Waals surface area contributed by atoms with Gasteiger partial charge in [0.1, 0.15) is 11.6 Å². The summed E-state index contributed by atoms with van der Waals surface area (Å²) in [5.41, 5.74) is 4.52. The highest BCUT2D eigenvalue weighted by molar-refractivity contribution is 5.85. The Labute approximate surface area is 141 Å². The minimum atomic E-state index is 0.125. The molecular formula is C18H24N4O2. The third-order valence-corrected chi connectivity index (χ3v) is 4.32. The number of rotatable bonds is 7. The van der Waals surface area contributed by atoms with Gasteiger partial charge in [-0.05, 0) is 37.6 Å². The van der Waals surface area contributed by atoms with Crippen molar-refractivity contribution in [3.05, 3.63) is 47.2 Å². The average Bonchev–Trinajstić information content (AvgIpc) is 3.11. The Morgan fingerprint density at radius 2 is 2.04 bits per heavy atom. The van der Waals surface area contributed by atoms with Gasteiger partial charge in [0.05, 0.1) is 13.7 Å². The lowest BCUT2D eigenvalue weighted by Crippen LogP contribution is -2.26. The van der Waals surface area contributed by atoms with Crippen LogP contribution in [0, 0.1) is 13.8 Å². The predicted octanol–water partition coefficient (Wildman–Crippen LogP) is 2.51. The van der Waals surface area contributed by atoms with Crippen LogP contribution in [0.4, 0.5) is 0 Å². The number of methoxy groups -OCH3 is 1. The summed E-state index contributed by atoms with van der Waals surface area (Å²) in [7, 11) is 1.68. The van der Waals surface area contributed by atoms with Crippen molar-refractivity contribution in [2.24, 2.45) is 0 Å². The van der Waals surface area contributed by atoms with Crippen molar-refractivity contribution >= 4 is 10.9 Å². The van der Waals surface area contributed by atoms with Crippen molar-refractivity contribution in [3.63, 3.8) is 0 Å². The molecule has 0 fully saturated rings. The van der Waals surface area contributed by atoms with Crippen LogP contribution in [0.15, 0.2) is 24.4 Å². The van der Waals surface area contributed by atoms with Crippen molar-refractivity contribution in [2.45, 2.75) is 26.9 Å². The summed E-state index contributed by atoms with van der Waals surface area (Å²) in [5.74, 6) is 1.76. The van der Waals surface area contributed by atoms with Gasteiger partial charge in [0, 0.05) is 48.1 Å². The lowest BCUT2D eigenvalue weighted by molar-refractivity contribution is 0.181. The van der Waals surface area contributed by atoms with Crippen LogP contribution in [0.2, 0.25) is 0 Å². The first-order valence-corrected chi connectivity index (χ1v) is 8.09. The monoisotopic (exact) mass is 328 g/mol. The molecule has 1 aromatic carbocycles. The molecule has 0 radical (unpaired) electrons. The minimum absolute atomic E-state index is 0.125. The highest BCUT2D eigenvalue weighted by atomic mass is 16.5. The van der Waals surface area contributed by atoms with Gasteiger partial charge in [-0.1, -0.05) is 0 Å². The highest BCUT2D eigenvalue weighted by Gasteiger charge is 2.14. The molecule has 24 heavy (non-hydrogen) atoms. The molecule has 6 heteroatoms. The van der Waals surface area contributed by atoms with E-state index in [0.717, 1.165) is 41.6 Å². The quantitative estimate of drug-likeness (QED) is 0.623. The van der Waals surface area contributed by atoms with Crippen LogP contribution >= 0.6 is 0 Å². The maximum absolute atomic E-state index is 9.38. The zero-order valence-corrected chi connectivity index (χ0v) is 14.4. The van der Waals surface area contributed by atoms with E-state index in [2.05, 4.69) is 32.8 Å². The normalized spacial score (nSPS) is 11.5. The number of H-pyrrole nitrogens is 2. The first-order chi connectivity index (χ1) is 11.6. The molecule has 0 unspecified atom stereocenters. The Balaban J connectivity index is 1.83. The SMILES string of the molecule is COc1ccc2[nH]c(CN(CCO)Cc3cnc(C)[nH]3)c(C)c2c1. The number of aromatic amines is 2. The number of aliphatic hydroxyl groups is 1. The fourth-order valence-electron chi connectivity index (χ4n) is 3.02. The topological polar surface area (TPSA) is 77.2 Å². The fourth-order valence-corrected chi connectivity index (χ4v) is 3.02. The highest BCUT2D eigenvalue weighted by Crippen LogP contribution is 2.26.